The number of halogens is 1. The molecule has 0 spiro atoms. The summed E-state index contributed by atoms with van der Waals surface area (Å²) < 4.78 is 1.90. The topological polar surface area (TPSA) is 41.4 Å². The summed E-state index contributed by atoms with van der Waals surface area (Å²) in [5.74, 6) is 0.0727. The molecule has 0 atom stereocenters. The molecule has 1 saturated heterocycles. The van der Waals surface area contributed by atoms with E-state index in [0.29, 0.717) is 18.8 Å². The normalized spacial score (nSPS) is 14.4. The monoisotopic (exact) mass is 380 g/mol. The van der Waals surface area contributed by atoms with E-state index in [2.05, 4.69) is 16.0 Å². The molecule has 3 aromatic rings. The minimum Gasteiger partial charge on any atom is -0.368 e. The van der Waals surface area contributed by atoms with Crippen LogP contribution >= 0.6 is 11.6 Å². The number of aryl methyl sites for hydroxylation is 1. The Balaban J connectivity index is 1.46. The van der Waals surface area contributed by atoms with Gasteiger partial charge in [-0.15, -0.1) is 0 Å². The Hall–Kier alpha value is -2.79. The number of hydrogen-bond acceptors (Lipinski definition) is 3. The minimum atomic E-state index is 0.0727. The van der Waals surface area contributed by atoms with Crippen LogP contribution in [0, 0.1) is 0 Å². The molecule has 0 bridgehead atoms. The number of piperazine rings is 1. The van der Waals surface area contributed by atoms with Crippen LogP contribution in [0.15, 0.2) is 61.1 Å². The third kappa shape index (κ3) is 3.69. The predicted molar refractivity (Wildman–Crippen MR) is 108 cm³/mol. The van der Waals surface area contributed by atoms with Gasteiger partial charge in [-0.05, 0) is 42.0 Å². The number of nitrogens with zero attached hydrogens (tertiary/aromatic N) is 4. The Morgan fingerprint density at radius 2 is 1.74 bits per heavy atom. The van der Waals surface area contributed by atoms with Gasteiger partial charge in [-0.3, -0.25) is 9.78 Å². The van der Waals surface area contributed by atoms with Crippen LogP contribution in [-0.2, 0) is 7.05 Å². The zero-order valence-electron chi connectivity index (χ0n) is 15.2. The lowest BCUT2D eigenvalue weighted by Crippen LogP contribution is -2.49. The summed E-state index contributed by atoms with van der Waals surface area (Å²) in [4.78, 5) is 21.3. The third-order valence-electron chi connectivity index (χ3n) is 4.98. The molecule has 1 aromatic carbocycles. The highest BCUT2D eigenvalue weighted by Gasteiger charge is 2.24. The molecular weight excluding hydrogens is 360 g/mol. The van der Waals surface area contributed by atoms with Crippen molar-refractivity contribution >= 4 is 23.2 Å². The van der Waals surface area contributed by atoms with Crippen LogP contribution in [0.2, 0.25) is 5.02 Å². The molecule has 2 aromatic heterocycles. The smallest absolute Gasteiger partial charge is 0.270 e. The highest BCUT2D eigenvalue weighted by atomic mass is 35.5. The molecule has 3 heterocycles. The van der Waals surface area contributed by atoms with Gasteiger partial charge < -0.3 is 14.4 Å². The van der Waals surface area contributed by atoms with E-state index in [9.17, 15) is 4.79 Å². The molecule has 6 heteroatoms. The van der Waals surface area contributed by atoms with E-state index in [1.807, 2.05) is 59.1 Å². The Kier molecular flexibility index (Phi) is 4.86. The minimum absolute atomic E-state index is 0.0727. The lowest BCUT2D eigenvalue weighted by Gasteiger charge is -2.36. The molecular formula is C21H21ClN4O. The van der Waals surface area contributed by atoms with Gasteiger partial charge in [-0.1, -0.05) is 17.7 Å². The molecule has 5 nitrogen and oxygen atoms in total. The quantitative estimate of drug-likeness (QED) is 0.695. The SMILES string of the molecule is Cn1cc(-c2ccncc2)cc1C(=O)N1CCN(c2cccc(Cl)c2)CC1. The molecule has 0 aliphatic carbocycles. The van der Waals surface area contributed by atoms with Gasteiger partial charge in [-0.2, -0.15) is 0 Å². The van der Waals surface area contributed by atoms with Gasteiger partial charge in [0.1, 0.15) is 5.69 Å². The van der Waals surface area contributed by atoms with Crippen LogP contribution in [0.25, 0.3) is 11.1 Å². The van der Waals surface area contributed by atoms with Crippen molar-refractivity contribution in [3.63, 3.8) is 0 Å². The second kappa shape index (κ2) is 7.45. The summed E-state index contributed by atoms with van der Waals surface area (Å²) in [6.07, 6.45) is 5.52. The highest BCUT2D eigenvalue weighted by Crippen LogP contribution is 2.24. The number of pyridine rings is 1. The molecule has 1 aliphatic rings. The van der Waals surface area contributed by atoms with Crippen molar-refractivity contribution in [2.45, 2.75) is 0 Å². The number of rotatable bonds is 3. The molecule has 27 heavy (non-hydrogen) atoms. The van der Waals surface area contributed by atoms with Gasteiger partial charge >= 0.3 is 0 Å². The second-order valence-electron chi connectivity index (χ2n) is 6.72. The average Bonchev–Trinajstić information content (AvgIpc) is 3.10. The van der Waals surface area contributed by atoms with Crippen LogP contribution in [-0.4, -0.2) is 46.5 Å². The maximum absolute atomic E-state index is 13.0. The first-order valence-electron chi connectivity index (χ1n) is 8.98. The summed E-state index contributed by atoms with van der Waals surface area (Å²) in [6.45, 7) is 2.99. The highest BCUT2D eigenvalue weighted by molar-refractivity contribution is 6.30. The first-order chi connectivity index (χ1) is 13.1. The number of carbonyl (C=O) groups is 1. The number of amides is 1. The van der Waals surface area contributed by atoms with Gasteiger partial charge in [0, 0.05) is 68.1 Å². The predicted octanol–water partition coefficient (Wildman–Crippen LogP) is 3.70. The zero-order valence-corrected chi connectivity index (χ0v) is 15.9. The third-order valence-corrected chi connectivity index (χ3v) is 5.21. The van der Waals surface area contributed by atoms with Crippen molar-refractivity contribution in [3.05, 3.63) is 71.8 Å². The summed E-state index contributed by atoms with van der Waals surface area (Å²) in [5, 5.41) is 0.735. The number of benzene rings is 1. The van der Waals surface area contributed by atoms with Crippen molar-refractivity contribution in [2.24, 2.45) is 7.05 Å². The Labute approximate surface area is 163 Å². The Morgan fingerprint density at radius 3 is 2.44 bits per heavy atom. The maximum atomic E-state index is 13.0. The van der Waals surface area contributed by atoms with Crippen molar-refractivity contribution in [1.29, 1.82) is 0 Å². The summed E-state index contributed by atoms with van der Waals surface area (Å²) in [6, 6.07) is 13.7. The van der Waals surface area contributed by atoms with E-state index in [4.69, 9.17) is 11.6 Å². The fourth-order valence-corrected chi connectivity index (χ4v) is 3.67. The molecule has 138 valence electrons. The zero-order chi connectivity index (χ0) is 18.8. The van der Waals surface area contributed by atoms with Crippen LogP contribution in [0.4, 0.5) is 5.69 Å². The summed E-state index contributed by atoms with van der Waals surface area (Å²) in [5.41, 5.74) is 3.90. The van der Waals surface area contributed by atoms with Crippen molar-refractivity contribution in [2.75, 3.05) is 31.1 Å². The van der Waals surface area contributed by atoms with Crippen LogP contribution in [0.1, 0.15) is 10.5 Å². The molecule has 0 radical (unpaired) electrons. The van der Waals surface area contributed by atoms with Crippen molar-refractivity contribution < 1.29 is 4.79 Å². The average molecular weight is 381 g/mol. The number of carbonyl (C=O) groups excluding carboxylic acids is 1. The van der Waals surface area contributed by atoms with Gasteiger partial charge in [0.15, 0.2) is 0 Å². The molecule has 0 unspecified atom stereocenters. The standard InChI is InChI=1S/C21H21ClN4O/c1-24-15-17(16-5-7-23-8-6-16)13-20(24)21(27)26-11-9-25(10-12-26)19-4-2-3-18(22)14-19/h2-8,13-15H,9-12H2,1H3. The van der Waals surface area contributed by atoms with E-state index < -0.39 is 0 Å². The molecule has 4 rings (SSSR count). The number of hydrogen-bond donors (Lipinski definition) is 0. The van der Waals surface area contributed by atoms with Crippen molar-refractivity contribution in [1.82, 2.24) is 14.5 Å². The van der Waals surface area contributed by atoms with E-state index in [0.717, 1.165) is 34.9 Å². The molecule has 0 N–H and O–H groups in total. The molecule has 1 amide bonds. The first kappa shape index (κ1) is 17.6. The first-order valence-corrected chi connectivity index (χ1v) is 9.36. The maximum Gasteiger partial charge on any atom is 0.270 e. The van der Waals surface area contributed by atoms with Gasteiger partial charge in [-0.25, -0.2) is 0 Å². The van der Waals surface area contributed by atoms with Gasteiger partial charge in [0.05, 0.1) is 0 Å². The molecule has 1 fully saturated rings. The van der Waals surface area contributed by atoms with Crippen molar-refractivity contribution in [3.8, 4) is 11.1 Å². The van der Waals surface area contributed by atoms with Crippen LogP contribution < -0.4 is 4.90 Å². The van der Waals surface area contributed by atoms with Crippen LogP contribution in [0.3, 0.4) is 0 Å². The van der Waals surface area contributed by atoms with Gasteiger partial charge in [0.25, 0.3) is 5.91 Å². The fraction of sp³-hybridized carbons (Fsp3) is 0.238. The number of aromatic nitrogens is 2. The van der Waals surface area contributed by atoms with Gasteiger partial charge in [0.2, 0.25) is 0 Å². The number of anilines is 1. The summed E-state index contributed by atoms with van der Waals surface area (Å²) >= 11 is 6.10. The fourth-order valence-electron chi connectivity index (χ4n) is 3.48. The van der Waals surface area contributed by atoms with E-state index >= 15 is 0 Å². The summed E-state index contributed by atoms with van der Waals surface area (Å²) in [7, 11) is 1.92. The largest absolute Gasteiger partial charge is 0.368 e. The second-order valence-corrected chi connectivity index (χ2v) is 7.16. The van der Waals surface area contributed by atoms with Crippen LogP contribution in [0.5, 0.6) is 0 Å². The molecule has 0 saturated carbocycles. The molecule has 1 aliphatic heterocycles. The Morgan fingerprint density at radius 1 is 1.00 bits per heavy atom. The Bertz CT molecular complexity index is 946. The van der Waals surface area contributed by atoms with E-state index in [-0.39, 0.29) is 5.91 Å². The lowest BCUT2D eigenvalue weighted by molar-refractivity contribution is 0.0737. The lowest BCUT2D eigenvalue weighted by atomic mass is 10.1. The van der Waals surface area contributed by atoms with E-state index in [1.54, 1.807) is 12.4 Å². The van der Waals surface area contributed by atoms with E-state index in [1.165, 1.54) is 0 Å².